The van der Waals surface area contributed by atoms with Crippen LogP contribution in [-0.4, -0.2) is 33.5 Å². The highest BCUT2D eigenvalue weighted by molar-refractivity contribution is 7.98. The summed E-state index contributed by atoms with van der Waals surface area (Å²) >= 11 is 3.14. The predicted molar refractivity (Wildman–Crippen MR) is 75.8 cm³/mol. The average molecular weight is 300 g/mol. The van der Waals surface area contributed by atoms with Crippen LogP contribution < -0.4 is 5.69 Å². The first-order chi connectivity index (χ1) is 9.20. The maximum Gasteiger partial charge on any atom is 0.343 e. The van der Waals surface area contributed by atoms with Crippen molar-refractivity contribution in [1.82, 2.24) is 19.7 Å². The number of aryl methyl sites for hydroxylation is 1. The molecule has 0 fully saturated rings. The molecule has 19 heavy (non-hydrogen) atoms. The van der Waals surface area contributed by atoms with Gasteiger partial charge in [0.05, 0.1) is 10.7 Å². The van der Waals surface area contributed by atoms with Gasteiger partial charge in [0.1, 0.15) is 0 Å². The van der Waals surface area contributed by atoms with Crippen LogP contribution in [0.25, 0.3) is 0 Å². The fraction of sp³-hybridized carbons (Fsp3) is 0.545. The highest BCUT2D eigenvalue weighted by Crippen LogP contribution is 2.20. The van der Waals surface area contributed by atoms with Gasteiger partial charge in [-0.05, 0) is 13.3 Å². The summed E-state index contributed by atoms with van der Waals surface area (Å²) in [5, 5.41) is 10.3. The van der Waals surface area contributed by atoms with E-state index in [4.69, 9.17) is 4.74 Å². The van der Waals surface area contributed by atoms with E-state index in [1.54, 1.807) is 23.0 Å². The molecule has 104 valence electrons. The maximum atomic E-state index is 11.6. The Balaban J connectivity index is 1.98. The second-order valence-electron chi connectivity index (χ2n) is 3.96. The Bertz CT molecular complexity index is 575. The quantitative estimate of drug-likeness (QED) is 0.622. The van der Waals surface area contributed by atoms with Gasteiger partial charge in [-0.2, -0.15) is 0 Å². The number of rotatable bonds is 7. The third kappa shape index (κ3) is 3.92. The first-order valence-corrected chi connectivity index (χ1v) is 7.75. The minimum Gasteiger partial charge on any atom is -0.385 e. The van der Waals surface area contributed by atoms with E-state index >= 15 is 0 Å². The lowest BCUT2D eigenvalue weighted by Gasteiger charge is -2.04. The first kappa shape index (κ1) is 14.3. The molecule has 0 unspecified atom stereocenters. The number of thiazole rings is 1. The van der Waals surface area contributed by atoms with Crippen molar-refractivity contribution in [3.8, 4) is 0 Å². The largest absolute Gasteiger partial charge is 0.385 e. The monoisotopic (exact) mass is 300 g/mol. The van der Waals surface area contributed by atoms with Gasteiger partial charge in [-0.25, -0.2) is 14.9 Å². The molecule has 1 N–H and O–H groups in total. The number of hydrogen-bond donors (Lipinski definition) is 1. The molecule has 8 heteroatoms. The molecule has 0 spiro atoms. The molecule has 0 bridgehead atoms. The molecule has 2 aromatic heterocycles. The molecule has 6 nitrogen and oxygen atoms in total. The molecule has 2 aromatic rings. The van der Waals surface area contributed by atoms with Crippen LogP contribution in [0.15, 0.2) is 15.3 Å². The van der Waals surface area contributed by atoms with Gasteiger partial charge in [0, 0.05) is 31.4 Å². The van der Waals surface area contributed by atoms with Gasteiger partial charge >= 0.3 is 5.69 Å². The number of nitrogens with zero attached hydrogens (tertiary/aromatic N) is 3. The summed E-state index contributed by atoms with van der Waals surface area (Å²) < 4.78 is 6.63. The minimum atomic E-state index is -0.173. The molecule has 0 atom stereocenters. The topological polar surface area (TPSA) is 72.8 Å². The highest BCUT2D eigenvalue weighted by atomic mass is 32.2. The van der Waals surface area contributed by atoms with Crippen molar-refractivity contribution in [2.24, 2.45) is 0 Å². The van der Waals surface area contributed by atoms with E-state index in [1.165, 1.54) is 11.8 Å². The molecule has 2 rings (SSSR count). The smallest absolute Gasteiger partial charge is 0.343 e. The number of ether oxygens (including phenoxy) is 1. The van der Waals surface area contributed by atoms with E-state index in [1.807, 2.05) is 12.3 Å². The predicted octanol–water partition coefficient (Wildman–Crippen LogP) is 1.67. The minimum absolute atomic E-state index is 0.173. The number of aromatic amines is 1. The molecule has 0 saturated heterocycles. The zero-order chi connectivity index (χ0) is 13.7. The molecule has 0 amide bonds. The Kier molecular flexibility index (Phi) is 5.17. The van der Waals surface area contributed by atoms with Gasteiger partial charge in [-0.3, -0.25) is 4.57 Å². The average Bonchev–Trinajstić information content (AvgIpc) is 2.95. The van der Waals surface area contributed by atoms with E-state index in [9.17, 15) is 4.79 Å². The Morgan fingerprint density at radius 2 is 2.42 bits per heavy atom. The van der Waals surface area contributed by atoms with Crippen LogP contribution >= 0.6 is 23.1 Å². The van der Waals surface area contributed by atoms with Gasteiger partial charge in [0.2, 0.25) is 0 Å². The van der Waals surface area contributed by atoms with E-state index in [0.29, 0.717) is 18.3 Å². The molecule has 0 aliphatic rings. The summed E-state index contributed by atoms with van der Waals surface area (Å²) in [4.78, 5) is 16.0. The molecule has 0 aliphatic carbocycles. The number of aromatic nitrogens is 4. The normalized spacial score (nSPS) is 11.1. The van der Waals surface area contributed by atoms with Crippen molar-refractivity contribution in [2.45, 2.75) is 30.8 Å². The Hall–Kier alpha value is -1.12. The lowest BCUT2D eigenvalue weighted by atomic mass is 10.4. The summed E-state index contributed by atoms with van der Waals surface area (Å²) in [6, 6.07) is 0. The zero-order valence-electron chi connectivity index (χ0n) is 10.9. The van der Waals surface area contributed by atoms with E-state index < -0.39 is 0 Å². The Labute approximate surface area is 119 Å². The van der Waals surface area contributed by atoms with Gasteiger partial charge in [0.25, 0.3) is 0 Å². The molecular formula is C11H16N4O2S2. The fourth-order valence-corrected chi connectivity index (χ4v) is 3.17. The number of hydrogen-bond acceptors (Lipinski definition) is 6. The summed E-state index contributed by atoms with van der Waals surface area (Å²) in [5.41, 5.74) is 0.847. The highest BCUT2D eigenvalue weighted by Gasteiger charge is 2.09. The second-order valence-corrected chi connectivity index (χ2v) is 5.96. The number of H-pyrrole nitrogens is 1. The summed E-state index contributed by atoms with van der Waals surface area (Å²) in [6.45, 7) is 3.22. The second kappa shape index (κ2) is 6.88. The molecule has 0 radical (unpaired) electrons. The zero-order valence-corrected chi connectivity index (χ0v) is 12.5. The van der Waals surface area contributed by atoms with Gasteiger partial charge in [-0.15, -0.1) is 16.4 Å². The van der Waals surface area contributed by atoms with E-state index in [0.717, 1.165) is 22.9 Å². The number of nitrogens with one attached hydrogen (secondary N) is 1. The van der Waals surface area contributed by atoms with Crippen molar-refractivity contribution in [3.05, 3.63) is 26.6 Å². The molecule has 2 heterocycles. The lowest BCUT2D eigenvalue weighted by molar-refractivity contribution is 0.189. The van der Waals surface area contributed by atoms with E-state index in [2.05, 4.69) is 15.2 Å². The van der Waals surface area contributed by atoms with Crippen molar-refractivity contribution >= 4 is 23.1 Å². The van der Waals surface area contributed by atoms with Crippen LogP contribution in [0.2, 0.25) is 0 Å². The van der Waals surface area contributed by atoms with Crippen LogP contribution in [0.1, 0.15) is 17.1 Å². The van der Waals surface area contributed by atoms with E-state index in [-0.39, 0.29) is 5.69 Å². The Morgan fingerprint density at radius 1 is 1.58 bits per heavy atom. The van der Waals surface area contributed by atoms with Crippen molar-refractivity contribution < 1.29 is 4.74 Å². The molecular weight excluding hydrogens is 284 g/mol. The molecule has 0 aromatic carbocycles. The first-order valence-electron chi connectivity index (χ1n) is 5.88. The van der Waals surface area contributed by atoms with Crippen LogP contribution in [0, 0.1) is 6.92 Å². The summed E-state index contributed by atoms with van der Waals surface area (Å²) in [6.07, 6.45) is 0.791. The molecule has 0 aliphatic heterocycles. The number of thioether (sulfide) groups is 1. The summed E-state index contributed by atoms with van der Waals surface area (Å²) in [7, 11) is 1.65. The van der Waals surface area contributed by atoms with Gasteiger partial charge in [0.15, 0.2) is 5.16 Å². The van der Waals surface area contributed by atoms with Crippen molar-refractivity contribution in [1.29, 1.82) is 0 Å². The maximum absolute atomic E-state index is 11.6. The standard InChI is InChI=1S/C11H16N4O2S2/c1-8-12-9(6-18-8)7-19-11-14-13-10(16)15(11)4-3-5-17-2/h6H,3-5,7H2,1-2H3,(H,13,16). The van der Waals surface area contributed by atoms with Gasteiger partial charge < -0.3 is 4.74 Å². The Morgan fingerprint density at radius 3 is 3.11 bits per heavy atom. The van der Waals surface area contributed by atoms with Gasteiger partial charge in [-0.1, -0.05) is 11.8 Å². The number of methoxy groups -OCH3 is 1. The molecule has 0 saturated carbocycles. The SMILES string of the molecule is COCCCn1c(SCc2csc(C)n2)n[nH]c1=O. The van der Waals surface area contributed by atoms with Crippen molar-refractivity contribution in [2.75, 3.05) is 13.7 Å². The third-order valence-electron chi connectivity index (χ3n) is 2.47. The third-order valence-corrected chi connectivity index (χ3v) is 4.30. The lowest BCUT2D eigenvalue weighted by Crippen LogP contribution is -2.18. The fourth-order valence-electron chi connectivity index (χ4n) is 1.59. The van der Waals surface area contributed by atoms with Crippen molar-refractivity contribution in [3.63, 3.8) is 0 Å². The van der Waals surface area contributed by atoms with Crippen LogP contribution in [0.3, 0.4) is 0 Å². The van der Waals surface area contributed by atoms with Crippen LogP contribution in [0.4, 0.5) is 0 Å². The van der Waals surface area contributed by atoms with Crippen LogP contribution in [0.5, 0.6) is 0 Å². The van der Waals surface area contributed by atoms with Crippen LogP contribution in [-0.2, 0) is 17.0 Å². The summed E-state index contributed by atoms with van der Waals surface area (Å²) in [5.74, 6) is 0.721.